The number of carbonyl (C=O) groups excluding carboxylic acids is 1. The van der Waals surface area contributed by atoms with E-state index in [4.69, 9.17) is 23.2 Å². The number of rotatable bonds is 2. The lowest BCUT2D eigenvalue weighted by atomic mass is 10.4. The Kier molecular flexibility index (Phi) is 3.07. The molecule has 2 aromatic heterocycles. The van der Waals surface area contributed by atoms with Crippen molar-refractivity contribution in [1.29, 1.82) is 0 Å². The zero-order chi connectivity index (χ0) is 11.5. The van der Waals surface area contributed by atoms with Gasteiger partial charge >= 0.3 is 0 Å². The van der Waals surface area contributed by atoms with Crippen molar-refractivity contribution in [2.24, 2.45) is 0 Å². The van der Waals surface area contributed by atoms with E-state index in [2.05, 4.69) is 20.3 Å². The van der Waals surface area contributed by atoms with Crippen LogP contribution in [0.1, 0.15) is 10.5 Å². The number of nitrogens with zero attached hydrogens (tertiary/aromatic N) is 2. The van der Waals surface area contributed by atoms with Gasteiger partial charge in [0.25, 0.3) is 5.91 Å². The third-order valence-corrected chi connectivity index (χ3v) is 2.27. The molecule has 0 aliphatic carbocycles. The summed E-state index contributed by atoms with van der Waals surface area (Å²) in [6.45, 7) is 0. The lowest BCUT2D eigenvalue weighted by Gasteiger charge is -2.02. The van der Waals surface area contributed by atoms with E-state index in [1.165, 1.54) is 24.7 Å². The van der Waals surface area contributed by atoms with Crippen molar-refractivity contribution in [3.8, 4) is 0 Å². The molecule has 0 aliphatic rings. The number of anilines is 1. The molecule has 0 spiro atoms. The lowest BCUT2D eigenvalue weighted by molar-refractivity contribution is 0.102. The van der Waals surface area contributed by atoms with Crippen LogP contribution < -0.4 is 5.32 Å². The molecule has 0 saturated heterocycles. The van der Waals surface area contributed by atoms with Crippen molar-refractivity contribution in [3.05, 3.63) is 40.5 Å². The largest absolute Gasteiger partial charge is 0.356 e. The first-order valence-electron chi connectivity index (χ1n) is 4.28. The average molecular weight is 257 g/mol. The van der Waals surface area contributed by atoms with Crippen molar-refractivity contribution in [2.45, 2.75) is 0 Å². The fraction of sp³-hybridized carbons (Fsp3) is 0. The van der Waals surface area contributed by atoms with Gasteiger partial charge in [-0.25, -0.2) is 9.97 Å². The van der Waals surface area contributed by atoms with Gasteiger partial charge < -0.3 is 10.3 Å². The first-order valence-corrected chi connectivity index (χ1v) is 5.04. The van der Waals surface area contributed by atoms with Crippen molar-refractivity contribution in [1.82, 2.24) is 15.0 Å². The Morgan fingerprint density at radius 3 is 2.69 bits per heavy atom. The fourth-order valence-corrected chi connectivity index (χ4v) is 1.39. The number of hydrogen-bond donors (Lipinski definition) is 2. The zero-order valence-electron chi connectivity index (χ0n) is 7.87. The highest BCUT2D eigenvalue weighted by molar-refractivity contribution is 6.32. The topological polar surface area (TPSA) is 70.7 Å². The maximum Gasteiger partial charge on any atom is 0.273 e. The van der Waals surface area contributed by atoms with Crippen LogP contribution in [0.5, 0.6) is 0 Å². The van der Waals surface area contributed by atoms with Crippen LogP contribution in [0.15, 0.2) is 24.7 Å². The summed E-state index contributed by atoms with van der Waals surface area (Å²) in [5.41, 5.74) is 0.326. The zero-order valence-corrected chi connectivity index (χ0v) is 9.38. The molecule has 0 unspecified atom stereocenters. The second-order valence-electron chi connectivity index (χ2n) is 2.88. The molecular weight excluding hydrogens is 251 g/mol. The van der Waals surface area contributed by atoms with Gasteiger partial charge in [0.15, 0.2) is 11.0 Å². The maximum atomic E-state index is 11.7. The van der Waals surface area contributed by atoms with Crippen molar-refractivity contribution >= 4 is 34.9 Å². The van der Waals surface area contributed by atoms with Crippen molar-refractivity contribution in [3.63, 3.8) is 0 Å². The van der Waals surface area contributed by atoms with E-state index < -0.39 is 0 Å². The summed E-state index contributed by atoms with van der Waals surface area (Å²) in [4.78, 5) is 22.0. The van der Waals surface area contributed by atoms with Gasteiger partial charge in [0.2, 0.25) is 0 Å². The first kappa shape index (κ1) is 10.9. The molecule has 2 N–H and O–H groups in total. The Bertz CT molecular complexity index is 526. The van der Waals surface area contributed by atoms with Crippen LogP contribution in [0.4, 0.5) is 5.82 Å². The van der Waals surface area contributed by atoms with Crippen LogP contribution in [-0.2, 0) is 0 Å². The van der Waals surface area contributed by atoms with Crippen LogP contribution in [-0.4, -0.2) is 20.9 Å². The van der Waals surface area contributed by atoms with E-state index in [1.54, 1.807) is 0 Å². The van der Waals surface area contributed by atoms with Crippen LogP contribution in [0.3, 0.4) is 0 Å². The summed E-state index contributed by atoms with van der Waals surface area (Å²) in [6, 6.07) is 1.50. The van der Waals surface area contributed by atoms with Crippen LogP contribution in [0.2, 0.25) is 10.2 Å². The normalized spacial score (nSPS) is 10.1. The van der Waals surface area contributed by atoms with Crippen LogP contribution >= 0.6 is 23.2 Å². The standard InChI is InChI=1S/C9H6Cl2N4O/c10-5-3-6(14-4-5)9(16)15-8-7(11)12-1-2-13-8/h1-4,14H,(H,13,15,16). The second-order valence-corrected chi connectivity index (χ2v) is 3.68. The monoisotopic (exact) mass is 256 g/mol. The molecule has 0 radical (unpaired) electrons. The Morgan fingerprint density at radius 2 is 2.06 bits per heavy atom. The Balaban J connectivity index is 2.17. The maximum absolute atomic E-state index is 11.7. The van der Waals surface area contributed by atoms with Gasteiger partial charge in [0.05, 0.1) is 5.02 Å². The summed E-state index contributed by atoms with van der Waals surface area (Å²) in [7, 11) is 0. The van der Waals surface area contributed by atoms with Crippen molar-refractivity contribution in [2.75, 3.05) is 5.32 Å². The molecular formula is C9H6Cl2N4O. The molecule has 2 rings (SSSR count). The summed E-state index contributed by atoms with van der Waals surface area (Å²) in [5, 5.41) is 3.09. The number of halogens is 2. The van der Waals surface area contributed by atoms with Crippen LogP contribution in [0, 0.1) is 0 Å². The minimum absolute atomic E-state index is 0.133. The van der Waals surface area contributed by atoms with Gasteiger partial charge in [-0.1, -0.05) is 23.2 Å². The molecule has 0 saturated carbocycles. The van der Waals surface area contributed by atoms with Gasteiger partial charge in [0, 0.05) is 18.6 Å². The minimum Gasteiger partial charge on any atom is -0.356 e. The minimum atomic E-state index is -0.380. The molecule has 2 aromatic rings. The number of nitrogens with one attached hydrogen (secondary N) is 2. The van der Waals surface area contributed by atoms with Gasteiger partial charge in [-0.3, -0.25) is 4.79 Å². The van der Waals surface area contributed by atoms with Crippen molar-refractivity contribution < 1.29 is 4.79 Å². The average Bonchev–Trinajstić information content (AvgIpc) is 2.68. The SMILES string of the molecule is O=C(Nc1nccnc1Cl)c1cc(Cl)c[nH]1. The smallest absolute Gasteiger partial charge is 0.273 e. The molecule has 0 fully saturated rings. The van der Waals surface area contributed by atoms with Gasteiger partial charge in [-0.15, -0.1) is 0 Å². The molecule has 0 aromatic carbocycles. The lowest BCUT2D eigenvalue weighted by Crippen LogP contribution is -2.13. The first-order chi connectivity index (χ1) is 7.66. The van der Waals surface area contributed by atoms with E-state index in [0.717, 1.165) is 0 Å². The molecule has 7 heteroatoms. The van der Waals surface area contributed by atoms with Gasteiger partial charge in [-0.05, 0) is 6.07 Å². The summed E-state index contributed by atoms with van der Waals surface area (Å²) >= 11 is 11.4. The number of aromatic amines is 1. The van der Waals surface area contributed by atoms with Gasteiger partial charge in [-0.2, -0.15) is 0 Å². The highest BCUT2D eigenvalue weighted by Gasteiger charge is 2.11. The van der Waals surface area contributed by atoms with E-state index >= 15 is 0 Å². The highest BCUT2D eigenvalue weighted by atomic mass is 35.5. The predicted molar refractivity (Wildman–Crippen MR) is 60.8 cm³/mol. The van der Waals surface area contributed by atoms with E-state index in [0.29, 0.717) is 10.7 Å². The van der Waals surface area contributed by atoms with Gasteiger partial charge in [0.1, 0.15) is 5.69 Å². The Hall–Kier alpha value is -1.59. The molecule has 16 heavy (non-hydrogen) atoms. The predicted octanol–water partition coefficient (Wildman–Crippen LogP) is 2.36. The summed E-state index contributed by atoms with van der Waals surface area (Å²) in [6.07, 6.45) is 4.38. The number of aromatic nitrogens is 3. The molecule has 2 heterocycles. The molecule has 0 aliphatic heterocycles. The number of H-pyrrole nitrogens is 1. The number of carbonyl (C=O) groups is 1. The number of amides is 1. The quantitative estimate of drug-likeness (QED) is 0.867. The second kappa shape index (κ2) is 4.51. The molecule has 5 nitrogen and oxygen atoms in total. The van der Waals surface area contributed by atoms with E-state index in [9.17, 15) is 4.79 Å². The van der Waals surface area contributed by atoms with E-state index in [1.807, 2.05) is 0 Å². The third-order valence-electron chi connectivity index (χ3n) is 1.78. The van der Waals surface area contributed by atoms with E-state index in [-0.39, 0.29) is 16.9 Å². The molecule has 0 atom stereocenters. The summed E-state index contributed by atoms with van der Waals surface area (Å²) < 4.78 is 0. The molecule has 82 valence electrons. The third kappa shape index (κ3) is 2.32. The fourth-order valence-electron chi connectivity index (χ4n) is 1.08. The highest BCUT2D eigenvalue weighted by Crippen LogP contribution is 2.16. The molecule has 0 bridgehead atoms. The molecule has 1 amide bonds. The number of hydrogen-bond acceptors (Lipinski definition) is 3. The summed E-state index contributed by atoms with van der Waals surface area (Å²) in [5.74, 6) is -0.172. The van der Waals surface area contributed by atoms with Crippen LogP contribution in [0.25, 0.3) is 0 Å². The Morgan fingerprint density at radius 1 is 1.31 bits per heavy atom. The Labute approximate surface area is 101 Å².